The summed E-state index contributed by atoms with van der Waals surface area (Å²) in [6.45, 7) is 4.33. The molecule has 1 unspecified atom stereocenters. The number of ether oxygens (including phenoxy) is 3. The summed E-state index contributed by atoms with van der Waals surface area (Å²) in [5, 5.41) is 2.56. The van der Waals surface area contributed by atoms with Crippen molar-refractivity contribution in [2.75, 3.05) is 34.0 Å². The summed E-state index contributed by atoms with van der Waals surface area (Å²) in [4.78, 5) is 22.8. The zero-order valence-corrected chi connectivity index (χ0v) is 10.8. The van der Waals surface area contributed by atoms with Gasteiger partial charge in [0.25, 0.3) is 0 Å². The molecule has 0 fully saturated rings. The second kappa shape index (κ2) is 8.95. The van der Waals surface area contributed by atoms with Crippen LogP contribution in [0, 0.1) is 5.92 Å². The van der Waals surface area contributed by atoms with E-state index in [9.17, 15) is 9.59 Å². The van der Waals surface area contributed by atoms with Gasteiger partial charge in [0.1, 0.15) is 12.6 Å². The van der Waals surface area contributed by atoms with E-state index in [2.05, 4.69) is 10.1 Å². The first kappa shape index (κ1) is 15.9. The Balaban J connectivity index is 4.00. The van der Waals surface area contributed by atoms with Crippen LogP contribution >= 0.6 is 0 Å². The van der Waals surface area contributed by atoms with Crippen molar-refractivity contribution in [2.45, 2.75) is 19.9 Å². The highest BCUT2D eigenvalue weighted by Gasteiger charge is 2.24. The third-order valence-corrected chi connectivity index (χ3v) is 2.10. The van der Waals surface area contributed by atoms with Crippen LogP contribution in [0.25, 0.3) is 0 Å². The Morgan fingerprint density at radius 1 is 1.18 bits per heavy atom. The lowest BCUT2D eigenvalue weighted by atomic mass is 10.0. The molecule has 0 saturated carbocycles. The summed E-state index contributed by atoms with van der Waals surface area (Å²) in [5.74, 6) is -0.833. The maximum atomic E-state index is 11.5. The minimum absolute atomic E-state index is 0.0367. The van der Waals surface area contributed by atoms with E-state index in [4.69, 9.17) is 9.47 Å². The quantitative estimate of drug-likeness (QED) is 0.481. The van der Waals surface area contributed by atoms with Gasteiger partial charge in [-0.05, 0) is 5.92 Å². The Hall–Kier alpha value is -1.14. The molecular weight excluding hydrogens is 226 g/mol. The van der Waals surface area contributed by atoms with Crippen LogP contribution in [0.5, 0.6) is 0 Å². The number of hydrogen-bond acceptors (Lipinski definition) is 5. The van der Waals surface area contributed by atoms with Gasteiger partial charge >= 0.3 is 5.97 Å². The summed E-state index contributed by atoms with van der Waals surface area (Å²) in [7, 11) is 2.84. The summed E-state index contributed by atoms with van der Waals surface area (Å²) in [6.07, 6.45) is 0. The van der Waals surface area contributed by atoms with E-state index in [-0.39, 0.29) is 18.4 Å². The van der Waals surface area contributed by atoms with Crippen molar-refractivity contribution in [2.24, 2.45) is 5.92 Å². The minimum atomic E-state index is -0.640. The first-order chi connectivity index (χ1) is 8.02. The molecule has 0 saturated heterocycles. The third-order valence-electron chi connectivity index (χ3n) is 2.10. The van der Waals surface area contributed by atoms with Crippen LogP contribution in [0.1, 0.15) is 13.8 Å². The lowest BCUT2D eigenvalue weighted by Crippen LogP contribution is -2.46. The summed E-state index contributed by atoms with van der Waals surface area (Å²) in [5.41, 5.74) is 0. The third kappa shape index (κ3) is 6.91. The normalized spacial score (nSPS) is 12.3. The first-order valence-corrected chi connectivity index (χ1v) is 5.46. The van der Waals surface area contributed by atoms with Crippen molar-refractivity contribution in [3.05, 3.63) is 0 Å². The predicted molar refractivity (Wildman–Crippen MR) is 61.5 cm³/mol. The molecule has 17 heavy (non-hydrogen) atoms. The van der Waals surface area contributed by atoms with Gasteiger partial charge in [-0.2, -0.15) is 0 Å². The molecule has 1 atom stereocenters. The van der Waals surface area contributed by atoms with Gasteiger partial charge in [0, 0.05) is 7.11 Å². The van der Waals surface area contributed by atoms with E-state index >= 15 is 0 Å². The molecule has 0 aromatic heterocycles. The fraction of sp³-hybridized carbons (Fsp3) is 0.818. The Bertz CT molecular complexity index is 242. The van der Waals surface area contributed by atoms with Gasteiger partial charge in [0.15, 0.2) is 0 Å². The molecule has 1 amide bonds. The lowest BCUT2D eigenvalue weighted by molar-refractivity contribution is -0.147. The molecule has 0 spiro atoms. The number of nitrogens with one attached hydrogen (secondary N) is 1. The molecule has 100 valence electrons. The van der Waals surface area contributed by atoms with Crippen molar-refractivity contribution in [1.29, 1.82) is 0 Å². The molecule has 0 aromatic carbocycles. The summed E-state index contributed by atoms with van der Waals surface area (Å²) < 4.78 is 14.4. The predicted octanol–water partition coefficient (Wildman–Crippen LogP) is -0.0368. The number of hydrogen-bond donors (Lipinski definition) is 1. The van der Waals surface area contributed by atoms with Crippen molar-refractivity contribution >= 4 is 11.9 Å². The van der Waals surface area contributed by atoms with Crippen LogP contribution in [0.15, 0.2) is 0 Å². The molecule has 0 rings (SSSR count). The molecule has 1 N–H and O–H groups in total. The Labute approximate surface area is 102 Å². The van der Waals surface area contributed by atoms with E-state index in [1.54, 1.807) is 7.11 Å². The average molecular weight is 247 g/mol. The van der Waals surface area contributed by atoms with Crippen LogP contribution in [0.3, 0.4) is 0 Å². The maximum absolute atomic E-state index is 11.5. The van der Waals surface area contributed by atoms with E-state index in [1.807, 2.05) is 13.8 Å². The van der Waals surface area contributed by atoms with Gasteiger partial charge in [-0.1, -0.05) is 13.8 Å². The highest BCUT2D eigenvalue weighted by atomic mass is 16.5. The molecule has 0 aromatic rings. The molecule has 6 nitrogen and oxygen atoms in total. The van der Waals surface area contributed by atoms with Gasteiger partial charge in [-0.3, -0.25) is 4.79 Å². The van der Waals surface area contributed by atoms with E-state index in [0.29, 0.717) is 13.2 Å². The van der Waals surface area contributed by atoms with Gasteiger partial charge in [-0.15, -0.1) is 0 Å². The topological polar surface area (TPSA) is 73.9 Å². The zero-order chi connectivity index (χ0) is 13.3. The average Bonchev–Trinajstić information content (AvgIpc) is 2.30. The standard InChI is InChI=1S/C11H21NO5/c1-8(2)10(11(14)16-4)12-9(13)7-17-6-5-15-3/h8,10H,5-7H2,1-4H3,(H,12,13). The van der Waals surface area contributed by atoms with Crippen LogP contribution in [-0.4, -0.2) is 52.0 Å². The van der Waals surface area contributed by atoms with Gasteiger partial charge in [-0.25, -0.2) is 4.79 Å². The second-order valence-electron chi connectivity index (χ2n) is 3.86. The number of esters is 1. The second-order valence-corrected chi connectivity index (χ2v) is 3.86. The van der Waals surface area contributed by atoms with Crippen LogP contribution in [0.4, 0.5) is 0 Å². The molecule has 0 aliphatic heterocycles. The molecule has 6 heteroatoms. The maximum Gasteiger partial charge on any atom is 0.328 e. The first-order valence-electron chi connectivity index (χ1n) is 5.46. The number of methoxy groups -OCH3 is 2. The Morgan fingerprint density at radius 2 is 1.82 bits per heavy atom. The Morgan fingerprint density at radius 3 is 2.29 bits per heavy atom. The van der Waals surface area contributed by atoms with Crippen LogP contribution in [0.2, 0.25) is 0 Å². The zero-order valence-electron chi connectivity index (χ0n) is 10.8. The summed E-state index contributed by atoms with van der Waals surface area (Å²) in [6, 6.07) is -0.640. The number of amides is 1. The highest BCUT2D eigenvalue weighted by molar-refractivity contribution is 5.85. The fourth-order valence-corrected chi connectivity index (χ4v) is 1.15. The SMILES string of the molecule is COCCOCC(=O)NC(C(=O)OC)C(C)C. The Kier molecular flexibility index (Phi) is 8.35. The molecule has 0 aliphatic rings. The van der Waals surface area contributed by atoms with E-state index in [1.165, 1.54) is 7.11 Å². The molecule has 0 bridgehead atoms. The highest BCUT2D eigenvalue weighted by Crippen LogP contribution is 2.03. The van der Waals surface area contributed by atoms with E-state index in [0.717, 1.165) is 0 Å². The number of carbonyl (C=O) groups is 2. The fourth-order valence-electron chi connectivity index (χ4n) is 1.15. The van der Waals surface area contributed by atoms with Crippen LogP contribution in [-0.2, 0) is 23.8 Å². The monoisotopic (exact) mass is 247 g/mol. The van der Waals surface area contributed by atoms with Crippen molar-refractivity contribution < 1.29 is 23.8 Å². The van der Waals surface area contributed by atoms with Crippen LogP contribution < -0.4 is 5.32 Å². The molecule has 0 heterocycles. The van der Waals surface area contributed by atoms with Gasteiger partial charge < -0.3 is 19.5 Å². The lowest BCUT2D eigenvalue weighted by Gasteiger charge is -2.19. The minimum Gasteiger partial charge on any atom is -0.467 e. The smallest absolute Gasteiger partial charge is 0.328 e. The molecule has 0 radical (unpaired) electrons. The molecule has 0 aliphatic carbocycles. The van der Waals surface area contributed by atoms with Gasteiger partial charge in [0.05, 0.1) is 20.3 Å². The summed E-state index contributed by atoms with van der Waals surface area (Å²) >= 11 is 0. The van der Waals surface area contributed by atoms with Crippen molar-refractivity contribution in [3.63, 3.8) is 0 Å². The number of rotatable bonds is 8. The number of carbonyl (C=O) groups excluding carboxylic acids is 2. The van der Waals surface area contributed by atoms with Crippen molar-refractivity contribution in [3.8, 4) is 0 Å². The van der Waals surface area contributed by atoms with Gasteiger partial charge in [0.2, 0.25) is 5.91 Å². The largest absolute Gasteiger partial charge is 0.467 e. The van der Waals surface area contributed by atoms with Crippen molar-refractivity contribution in [1.82, 2.24) is 5.32 Å². The molecular formula is C11H21NO5. The van der Waals surface area contributed by atoms with E-state index < -0.39 is 12.0 Å².